The minimum atomic E-state index is -0.670. The van der Waals surface area contributed by atoms with Crippen LogP contribution in [0.1, 0.15) is 201 Å². The number of hydrogen-bond donors (Lipinski definition) is 3. The number of rotatable bonds is 28. The van der Waals surface area contributed by atoms with E-state index in [1.807, 2.05) is 0 Å². The first-order valence-corrected chi connectivity index (χ1v) is 17.0. The van der Waals surface area contributed by atoms with E-state index in [2.05, 4.69) is 20.8 Å². The molecule has 0 fully saturated rings. The van der Waals surface area contributed by atoms with E-state index in [1.54, 1.807) is 0 Å². The predicted molar refractivity (Wildman–Crippen MR) is 169 cm³/mol. The van der Waals surface area contributed by atoms with Crippen LogP contribution in [-0.4, -0.2) is 33.2 Å². The summed E-state index contributed by atoms with van der Waals surface area (Å²) < 4.78 is 0. The van der Waals surface area contributed by atoms with Crippen molar-refractivity contribution in [2.24, 2.45) is 0 Å². The Bertz CT molecular complexity index is 521. The van der Waals surface area contributed by atoms with Crippen LogP contribution < -0.4 is 0 Å². The number of aliphatic carboxylic acids is 3. The molecule has 0 saturated carbocycles. The third-order valence-corrected chi connectivity index (χ3v) is 6.98. The zero-order valence-electron chi connectivity index (χ0n) is 26.9. The van der Waals surface area contributed by atoms with Gasteiger partial charge in [-0.2, -0.15) is 0 Å². The van der Waals surface area contributed by atoms with Crippen LogP contribution in [0.15, 0.2) is 0 Å². The minimum Gasteiger partial charge on any atom is -0.481 e. The first kappa shape index (κ1) is 42.9. The Kier molecular flexibility index (Phi) is 42.4. The van der Waals surface area contributed by atoms with Gasteiger partial charge in [-0.1, -0.05) is 162 Å². The van der Waals surface area contributed by atoms with E-state index in [0.29, 0.717) is 19.3 Å². The second kappa shape index (κ2) is 39.6. The van der Waals surface area contributed by atoms with Crippen molar-refractivity contribution in [1.29, 1.82) is 0 Å². The van der Waals surface area contributed by atoms with Crippen molar-refractivity contribution >= 4 is 17.9 Å². The number of carboxylic acid groups (broad SMARTS) is 3. The van der Waals surface area contributed by atoms with Crippen molar-refractivity contribution in [3.63, 3.8) is 0 Å². The summed E-state index contributed by atoms with van der Waals surface area (Å²) in [5.74, 6) is -1.99. The Morgan fingerprint density at radius 1 is 0.300 bits per heavy atom. The average Bonchev–Trinajstić information content (AvgIpc) is 2.91. The molecule has 0 spiro atoms. The number of carboxylic acids is 3. The highest BCUT2D eigenvalue weighted by Crippen LogP contribution is 2.13. The average molecular weight is 573 g/mol. The summed E-state index contributed by atoms with van der Waals surface area (Å²) in [7, 11) is 0. The van der Waals surface area contributed by atoms with Crippen molar-refractivity contribution in [2.45, 2.75) is 201 Å². The summed E-state index contributed by atoms with van der Waals surface area (Å²) in [5.41, 5.74) is 0. The molecule has 3 N–H and O–H groups in total. The summed E-state index contributed by atoms with van der Waals surface area (Å²) in [6, 6.07) is 0. The largest absolute Gasteiger partial charge is 0.481 e. The lowest BCUT2D eigenvalue weighted by Gasteiger charge is -2.02. The van der Waals surface area contributed by atoms with E-state index in [0.717, 1.165) is 38.5 Å². The third kappa shape index (κ3) is 52.8. The lowest BCUT2D eigenvalue weighted by atomic mass is 10.0. The highest BCUT2D eigenvalue weighted by atomic mass is 16.4. The van der Waals surface area contributed by atoms with Gasteiger partial charge in [0.2, 0.25) is 0 Å². The van der Waals surface area contributed by atoms with Crippen LogP contribution >= 0.6 is 0 Å². The van der Waals surface area contributed by atoms with Gasteiger partial charge in [-0.3, -0.25) is 14.4 Å². The smallest absolute Gasteiger partial charge is 0.303 e. The molecule has 40 heavy (non-hydrogen) atoms. The zero-order valence-corrected chi connectivity index (χ0v) is 26.9. The maximum absolute atomic E-state index is 10.3. The van der Waals surface area contributed by atoms with E-state index >= 15 is 0 Å². The van der Waals surface area contributed by atoms with Gasteiger partial charge in [0.15, 0.2) is 0 Å². The fraction of sp³-hybridized carbons (Fsp3) is 0.912. The van der Waals surface area contributed by atoms with Crippen molar-refractivity contribution in [2.75, 3.05) is 0 Å². The lowest BCUT2D eigenvalue weighted by molar-refractivity contribution is -0.138. The number of unbranched alkanes of at least 4 members (excludes halogenated alkanes) is 22. The second-order valence-electron chi connectivity index (χ2n) is 11.2. The standard InChI is InChI=1S/C16H32O2.C10H20O2.C8H16O2/c1-2-3-4-5-6-7-8-9-10-11-12-13-14-15-16(17)18;1-2-3-4-5-6-7-8-9-10(11)12;1-2-3-4-5-6-7-8(9)10/h2-15H2,1H3,(H,17,18);2-9H2,1H3,(H,11,12);2-7H2,1H3,(H,9,10). The van der Waals surface area contributed by atoms with Gasteiger partial charge in [-0.25, -0.2) is 0 Å². The molecule has 0 aromatic heterocycles. The number of carbonyl (C=O) groups is 3. The molecule has 0 atom stereocenters. The quantitative estimate of drug-likeness (QED) is 0.0804. The van der Waals surface area contributed by atoms with E-state index in [1.165, 1.54) is 122 Å². The summed E-state index contributed by atoms with van der Waals surface area (Å²) in [6.07, 6.45) is 31.8. The molecule has 0 unspecified atom stereocenters. The van der Waals surface area contributed by atoms with Crippen LogP contribution in [0.25, 0.3) is 0 Å². The molecule has 240 valence electrons. The molecule has 0 aliphatic rings. The van der Waals surface area contributed by atoms with Crippen LogP contribution in [0.3, 0.4) is 0 Å². The van der Waals surface area contributed by atoms with Crippen LogP contribution in [0.2, 0.25) is 0 Å². The van der Waals surface area contributed by atoms with Crippen molar-refractivity contribution in [1.82, 2.24) is 0 Å². The fourth-order valence-corrected chi connectivity index (χ4v) is 4.41. The molecule has 0 aromatic rings. The van der Waals surface area contributed by atoms with Gasteiger partial charge in [0.05, 0.1) is 0 Å². The van der Waals surface area contributed by atoms with Gasteiger partial charge in [0.25, 0.3) is 0 Å². The Labute approximate surface area is 248 Å². The summed E-state index contributed by atoms with van der Waals surface area (Å²) in [6.45, 7) is 6.61. The summed E-state index contributed by atoms with van der Waals surface area (Å²) in [4.78, 5) is 30.5. The van der Waals surface area contributed by atoms with Gasteiger partial charge in [-0.05, 0) is 19.3 Å². The maximum Gasteiger partial charge on any atom is 0.303 e. The molecular formula is C34H68O6. The molecule has 0 aromatic carbocycles. The van der Waals surface area contributed by atoms with Gasteiger partial charge in [0, 0.05) is 19.3 Å². The minimum absolute atomic E-state index is 0.337. The fourth-order valence-electron chi connectivity index (χ4n) is 4.41. The van der Waals surface area contributed by atoms with E-state index in [9.17, 15) is 14.4 Å². The van der Waals surface area contributed by atoms with Crippen LogP contribution in [0.4, 0.5) is 0 Å². The van der Waals surface area contributed by atoms with Crippen LogP contribution in [-0.2, 0) is 14.4 Å². The highest BCUT2D eigenvalue weighted by molar-refractivity contribution is 5.67. The maximum atomic E-state index is 10.3. The van der Waals surface area contributed by atoms with E-state index in [4.69, 9.17) is 15.3 Å². The van der Waals surface area contributed by atoms with Gasteiger partial charge in [0.1, 0.15) is 0 Å². The zero-order chi connectivity index (χ0) is 30.5. The molecule has 0 aliphatic heterocycles. The normalized spacial score (nSPS) is 10.3. The lowest BCUT2D eigenvalue weighted by Crippen LogP contribution is -1.93. The molecule has 0 bridgehead atoms. The summed E-state index contributed by atoms with van der Waals surface area (Å²) in [5, 5.41) is 25.1. The Morgan fingerprint density at radius 3 is 0.600 bits per heavy atom. The van der Waals surface area contributed by atoms with Crippen molar-refractivity contribution in [3.05, 3.63) is 0 Å². The SMILES string of the molecule is CCCCCCCC(=O)O.CCCCCCCCCC(=O)O.CCCCCCCCCCCCCCCC(=O)O. The van der Waals surface area contributed by atoms with Gasteiger partial charge >= 0.3 is 17.9 Å². The first-order chi connectivity index (χ1) is 19.3. The molecule has 0 saturated heterocycles. The van der Waals surface area contributed by atoms with Gasteiger partial charge in [-0.15, -0.1) is 0 Å². The van der Waals surface area contributed by atoms with E-state index in [-0.39, 0.29) is 0 Å². The molecule has 0 amide bonds. The Morgan fingerprint density at radius 2 is 0.450 bits per heavy atom. The molecular weight excluding hydrogens is 504 g/mol. The van der Waals surface area contributed by atoms with Gasteiger partial charge < -0.3 is 15.3 Å². The third-order valence-electron chi connectivity index (χ3n) is 6.98. The number of hydrogen-bond acceptors (Lipinski definition) is 3. The molecule has 6 heteroatoms. The monoisotopic (exact) mass is 573 g/mol. The van der Waals surface area contributed by atoms with Crippen LogP contribution in [0, 0.1) is 0 Å². The Balaban J connectivity index is -0.000000542. The van der Waals surface area contributed by atoms with E-state index < -0.39 is 17.9 Å². The molecule has 6 nitrogen and oxygen atoms in total. The molecule has 0 radical (unpaired) electrons. The first-order valence-electron chi connectivity index (χ1n) is 17.0. The summed E-state index contributed by atoms with van der Waals surface area (Å²) >= 11 is 0. The second-order valence-corrected chi connectivity index (χ2v) is 11.2. The van der Waals surface area contributed by atoms with Crippen molar-refractivity contribution < 1.29 is 29.7 Å². The highest BCUT2D eigenvalue weighted by Gasteiger charge is 1.98. The Hall–Kier alpha value is -1.59. The molecule has 0 heterocycles. The predicted octanol–water partition coefficient (Wildman–Crippen LogP) is 11.2. The van der Waals surface area contributed by atoms with Crippen molar-refractivity contribution in [3.8, 4) is 0 Å². The molecule has 0 aliphatic carbocycles. The molecule has 0 rings (SSSR count). The van der Waals surface area contributed by atoms with Crippen LogP contribution in [0.5, 0.6) is 0 Å². The topological polar surface area (TPSA) is 112 Å².